The molecule has 0 fully saturated rings. The molecule has 2 amide bonds. The first-order valence-corrected chi connectivity index (χ1v) is 10.1. The van der Waals surface area contributed by atoms with Crippen LogP contribution in [-0.4, -0.2) is 24.0 Å². The Hall–Kier alpha value is -4.17. The summed E-state index contributed by atoms with van der Waals surface area (Å²) < 4.78 is 10.8. The van der Waals surface area contributed by atoms with E-state index in [1.165, 1.54) is 7.11 Å². The van der Waals surface area contributed by atoms with Gasteiger partial charge in [0, 0.05) is 16.8 Å². The molecule has 8 heteroatoms. The van der Waals surface area contributed by atoms with Crippen molar-refractivity contribution in [3.63, 3.8) is 0 Å². The SMILES string of the molecule is COc1ccccc1C(=O)NC(=S)Nc1cccc(NC(=O)c2cc3ccccc3o2)c1. The summed E-state index contributed by atoms with van der Waals surface area (Å²) >= 11 is 5.25. The lowest BCUT2D eigenvalue weighted by Crippen LogP contribution is -2.34. The molecule has 0 unspecified atom stereocenters. The smallest absolute Gasteiger partial charge is 0.291 e. The fourth-order valence-electron chi connectivity index (χ4n) is 3.13. The van der Waals surface area contributed by atoms with Crippen LogP contribution in [0.1, 0.15) is 20.9 Å². The fourth-order valence-corrected chi connectivity index (χ4v) is 3.34. The normalized spacial score (nSPS) is 10.4. The molecule has 32 heavy (non-hydrogen) atoms. The van der Waals surface area contributed by atoms with Crippen LogP contribution in [0.2, 0.25) is 0 Å². The number of hydrogen-bond acceptors (Lipinski definition) is 5. The highest BCUT2D eigenvalue weighted by Crippen LogP contribution is 2.21. The van der Waals surface area contributed by atoms with Crippen molar-refractivity contribution < 1.29 is 18.7 Å². The zero-order valence-corrected chi connectivity index (χ0v) is 17.9. The Labute approximate surface area is 189 Å². The molecule has 160 valence electrons. The van der Waals surface area contributed by atoms with Gasteiger partial charge in [-0.05, 0) is 54.7 Å². The van der Waals surface area contributed by atoms with E-state index in [9.17, 15) is 9.59 Å². The minimum absolute atomic E-state index is 0.113. The number of fused-ring (bicyclic) bond motifs is 1. The van der Waals surface area contributed by atoms with Gasteiger partial charge in [-0.1, -0.05) is 36.4 Å². The molecule has 3 aromatic carbocycles. The van der Waals surface area contributed by atoms with Gasteiger partial charge in [0.05, 0.1) is 12.7 Å². The van der Waals surface area contributed by atoms with Crippen LogP contribution in [-0.2, 0) is 0 Å². The first kappa shape index (κ1) is 21.1. The van der Waals surface area contributed by atoms with Crippen molar-refractivity contribution in [2.75, 3.05) is 17.7 Å². The second kappa shape index (κ2) is 9.32. The third-order valence-electron chi connectivity index (χ3n) is 4.61. The summed E-state index contributed by atoms with van der Waals surface area (Å²) in [6.45, 7) is 0. The maximum atomic E-state index is 12.6. The zero-order chi connectivity index (χ0) is 22.5. The molecule has 0 spiro atoms. The van der Waals surface area contributed by atoms with Gasteiger partial charge in [-0.15, -0.1) is 0 Å². The molecule has 0 saturated heterocycles. The van der Waals surface area contributed by atoms with Crippen molar-refractivity contribution in [3.8, 4) is 5.75 Å². The highest BCUT2D eigenvalue weighted by Gasteiger charge is 2.14. The highest BCUT2D eigenvalue weighted by molar-refractivity contribution is 7.80. The number of amides is 2. The fraction of sp³-hybridized carbons (Fsp3) is 0.0417. The van der Waals surface area contributed by atoms with Gasteiger partial charge in [0.15, 0.2) is 10.9 Å². The number of benzene rings is 3. The average molecular weight is 446 g/mol. The van der Waals surface area contributed by atoms with E-state index in [-0.39, 0.29) is 16.8 Å². The van der Waals surface area contributed by atoms with Gasteiger partial charge in [-0.2, -0.15) is 0 Å². The average Bonchev–Trinajstić information content (AvgIpc) is 3.24. The number of rotatable bonds is 5. The molecule has 0 radical (unpaired) electrons. The van der Waals surface area contributed by atoms with Crippen molar-refractivity contribution in [1.82, 2.24) is 5.32 Å². The summed E-state index contributed by atoms with van der Waals surface area (Å²) in [5, 5.41) is 9.32. The van der Waals surface area contributed by atoms with E-state index in [1.807, 2.05) is 18.2 Å². The molecule has 4 rings (SSSR count). The van der Waals surface area contributed by atoms with Gasteiger partial charge < -0.3 is 19.8 Å². The number of carbonyl (C=O) groups excluding carboxylic acids is 2. The summed E-state index contributed by atoms with van der Waals surface area (Å²) in [6, 6.07) is 22.9. The lowest BCUT2D eigenvalue weighted by Gasteiger charge is -2.12. The van der Waals surface area contributed by atoms with E-state index >= 15 is 0 Å². The zero-order valence-electron chi connectivity index (χ0n) is 17.0. The predicted molar refractivity (Wildman–Crippen MR) is 127 cm³/mol. The standard InChI is InChI=1S/C24H19N3O4S/c1-30-20-12-5-3-10-18(20)22(28)27-24(32)26-17-9-6-8-16(14-17)25-23(29)21-13-15-7-2-4-11-19(15)31-21/h2-14H,1H3,(H,25,29)(H2,26,27,28,32). The molecule has 0 aliphatic rings. The molecular formula is C24H19N3O4S. The Kier molecular flexibility index (Phi) is 6.14. The van der Waals surface area contributed by atoms with Crippen molar-refractivity contribution in [1.29, 1.82) is 0 Å². The van der Waals surface area contributed by atoms with Crippen LogP contribution in [0.4, 0.5) is 11.4 Å². The van der Waals surface area contributed by atoms with Crippen molar-refractivity contribution in [2.45, 2.75) is 0 Å². The first-order chi connectivity index (χ1) is 15.5. The number of anilines is 2. The van der Waals surface area contributed by atoms with Crippen molar-refractivity contribution in [2.24, 2.45) is 0 Å². The highest BCUT2D eigenvalue weighted by atomic mass is 32.1. The summed E-state index contributed by atoms with van der Waals surface area (Å²) in [6.07, 6.45) is 0. The molecule has 0 atom stereocenters. The topological polar surface area (TPSA) is 92.6 Å². The number of thiocarbonyl (C=S) groups is 1. The van der Waals surface area contributed by atoms with Crippen LogP contribution in [0.3, 0.4) is 0 Å². The molecular weight excluding hydrogens is 426 g/mol. The van der Waals surface area contributed by atoms with Crippen LogP contribution < -0.4 is 20.7 Å². The minimum Gasteiger partial charge on any atom is -0.496 e. The number of carbonyl (C=O) groups is 2. The van der Waals surface area contributed by atoms with Gasteiger partial charge in [0.25, 0.3) is 11.8 Å². The van der Waals surface area contributed by atoms with E-state index in [4.69, 9.17) is 21.4 Å². The van der Waals surface area contributed by atoms with E-state index in [1.54, 1.807) is 60.7 Å². The van der Waals surface area contributed by atoms with Crippen molar-refractivity contribution >= 4 is 51.5 Å². The Morgan fingerprint density at radius 2 is 1.56 bits per heavy atom. The monoisotopic (exact) mass is 445 g/mol. The molecule has 0 saturated carbocycles. The molecule has 0 aliphatic carbocycles. The lowest BCUT2D eigenvalue weighted by molar-refractivity contribution is 0.0972. The Morgan fingerprint density at radius 3 is 2.34 bits per heavy atom. The summed E-state index contributed by atoms with van der Waals surface area (Å²) in [5.41, 5.74) is 2.15. The van der Waals surface area contributed by atoms with Gasteiger partial charge in [0.1, 0.15) is 11.3 Å². The molecule has 1 aromatic heterocycles. The number of ether oxygens (including phenoxy) is 1. The number of hydrogen-bond donors (Lipinski definition) is 3. The van der Waals surface area contributed by atoms with E-state index in [2.05, 4.69) is 16.0 Å². The van der Waals surface area contributed by atoms with Crippen LogP contribution >= 0.6 is 12.2 Å². The molecule has 1 heterocycles. The lowest BCUT2D eigenvalue weighted by atomic mass is 10.2. The summed E-state index contributed by atoms with van der Waals surface area (Å²) in [7, 11) is 1.49. The summed E-state index contributed by atoms with van der Waals surface area (Å²) in [5.74, 6) is -0.105. The molecule has 3 N–H and O–H groups in total. The Balaban J connectivity index is 1.40. The van der Waals surface area contributed by atoms with Crippen LogP contribution in [0.25, 0.3) is 11.0 Å². The summed E-state index contributed by atoms with van der Waals surface area (Å²) in [4.78, 5) is 25.0. The van der Waals surface area contributed by atoms with E-state index in [0.717, 1.165) is 5.39 Å². The largest absolute Gasteiger partial charge is 0.496 e. The van der Waals surface area contributed by atoms with E-state index in [0.29, 0.717) is 28.3 Å². The van der Waals surface area contributed by atoms with Crippen LogP contribution in [0, 0.1) is 0 Å². The molecule has 4 aromatic rings. The first-order valence-electron chi connectivity index (χ1n) is 9.69. The quantitative estimate of drug-likeness (QED) is 0.382. The maximum Gasteiger partial charge on any atom is 0.291 e. The predicted octanol–water partition coefficient (Wildman–Crippen LogP) is 4.82. The molecule has 7 nitrogen and oxygen atoms in total. The minimum atomic E-state index is -0.394. The van der Waals surface area contributed by atoms with Gasteiger partial charge in [-0.3, -0.25) is 14.9 Å². The van der Waals surface area contributed by atoms with E-state index < -0.39 is 5.91 Å². The van der Waals surface area contributed by atoms with Crippen LogP contribution in [0.5, 0.6) is 5.75 Å². The number of para-hydroxylation sites is 2. The third-order valence-corrected chi connectivity index (χ3v) is 4.81. The molecule has 0 bridgehead atoms. The van der Waals surface area contributed by atoms with Gasteiger partial charge in [0.2, 0.25) is 0 Å². The number of methoxy groups -OCH3 is 1. The number of furan rings is 1. The third kappa shape index (κ3) is 4.76. The second-order valence-electron chi connectivity index (χ2n) is 6.79. The van der Waals surface area contributed by atoms with Crippen LogP contribution in [0.15, 0.2) is 83.3 Å². The Bertz CT molecular complexity index is 1280. The van der Waals surface area contributed by atoms with Gasteiger partial charge >= 0.3 is 0 Å². The molecule has 0 aliphatic heterocycles. The van der Waals surface area contributed by atoms with Gasteiger partial charge in [-0.25, -0.2) is 0 Å². The number of nitrogens with one attached hydrogen (secondary N) is 3. The second-order valence-corrected chi connectivity index (χ2v) is 7.20. The maximum absolute atomic E-state index is 12.6. The Morgan fingerprint density at radius 1 is 0.844 bits per heavy atom. The van der Waals surface area contributed by atoms with Crippen molar-refractivity contribution in [3.05, 3.63) is 90.2 Å².